The van der Waals surface area contributed by atoms with Gasteiger partial charge in [0.1, 0.15) is 10.6 Å². The molecule has 0 saturated heterocycles. The maximum absolute atomic E-state index is 14.0. The van der Waals surface area contributed by atoms with Crippen molar-refractivity contribution in [2.75, 3.05) is 18.9 Å². The lowest BCUT2D eigenvalue weighted by Crippen LogP contribution is -2.35. The van der Waals surface area contributed by atoms with Gasteiger partial charge in [-0.25, -0.2) is 4.98 Å². The van der Waals surface area contributed by atoms with E-state index in [1.807, 2.05) is 35.8 Å². The molecule has 5 nitrogen and oxygen atoms in total. The fraction of sp³-hybridized carbons (Fsp3) is 0.556. The first kappa shape index (κ1) is 25.3. The molecule has 0 saturated carbocycles. The van der Waals surface area contributed by atoms with Crippen molar-refractivity contribution in [2.24, 2.45) is 0 Å². The minimum atomic E-state index is 0.0677. The molecule has 3 heterocycles. The van der Waals surface area contributed by atoms with E-state index in [-0.39, 0.29) is 5.56 Å². The summed E-state index contributed by atoms with van der Waals surface area (Å²) in [6.45, 7) is 11.2. The molecule has 0 aliphatic carbocycles. The monoisotopic (exact) mass is 499 g/mol. The van der Waals surface area contributed by atoms with E-state index in [0.717, 1.165) is 58.5 Å². The van der Waals surface area contributed by atoms with Crippen LogP contribution in [0.1, 0.15) is 70.2 Å². The van der Waals surface area contributed by atoms with E-state index >= 15 is 0 Å². The van der Waals surface area contributed by atoms with Crippen LogP contribution < -0.4 is 10.3 Å². The number of unbranched alkanes of at least 4 members (excludes halogenated alkanes) is 4. The smallest absolute Gasteiger partial charge is 0.267 e. The Balaban J connectivity index is 1.72. The minimum Gasteiger partial charge on any atom is -0.494 e. The van der Waals surface area contributed by atoms with Crippen LogP contribution in [0.5, 0.6) is 5.75 Å². The van der Waals surface area contributed by atoms with Crippen molar-refractivity contribution in [1.29, 1.82) is 0 Å². The molecule has 3 aromatic rings. The lowest BCUT2D eigenvalue weighted by molar-refractivity contribution is 0.206. The average Bonchev–Trinajstić information content (AvgIpc) is 3.20. The molecular formula is C27H37N3O2S2. The van der Waals surface area contributed by atoms with Crippen molar-refractivity contribution in [2.45, 2.75) is 84.0 Å². The van der Waals surface area contributed by atoms with E-state index in [2.05, 4.69) is 25.7 Å². The highest BCUT2D eigenvalue weighted by Crippen LogP contribution is 2.35. The molecule has 1 aromatic carbocycles. The number of hydrogen-bond acceptors (Lipinski definition) is 6. The zero-order chi connectivity index (χ0) is 24.1. The van der Waals surface area contributed by atoms with Crippen LogP contribution >= 0.6 is 23.1 Å². The predicted molar refractivity (Wildman–Crippen MR) is 145 cm³/mol. The third kappa shape index (κ3) is 5.52. The molecule has 34 heavy (non-hydrogen) atoms. The second-order valence-corrected chi connectivity index (χ2v) is 11.4. The van der Waals surface area contributed by atoms with Gasteiger partial charge in [0.05, 0.1) is 17.7 Å². The summed E-state index contributed by atoms with van der Waals surface area (Å²) in [5, 5.41) is 1.63. The number of aromatic nitrogens is 2. The van der Waals surface area contributed by atoms with Crippen molar-refractivity contribution in [1.82, 2.24) is 14.5 Å². The predicted octanol–water partition coefficient (Wildman–Crippen LogP) is 6.67. The molecule has 184 valence electrons. The van der Waals surface area contributed by atoms with Gasteiger partial charge in [-0.3, -0.25) is 14.3 Å². The number of benzene rings is 1. The van der Waals surface area contributed by atoms with Crippen LogP contribution in [0.3, 0.4) is 0 Å². The summed E-state index contributed by atoms with van der Waals surface area (Å²) in [7, 11) is 0. The highest BCUT2D eigenvalue weighted by Gasteiger charge is 2.26. The molecule has 0 spiro atoms. The molecule has 0 radical (unpaired) electrons. The van der Waals surface area contributed by atoms with Crippen molar-refractivity contribution in [3.63, 3.8) is 0 Å². The molecule has 4 rings (SSSR count). The van der Waals surface area contributed by atoms with E-state index in [0.29, 0.717) is 12.6 Å². The molecule has 7 heteroatoms. The van der Waals surface area contributed by atoms with E-state index < -0.39 is 0 Å². The van der Waals surface area contributed by atoms with E-state index in [1.54, 1.807) is 23.1 Å². The summed E-state index contributed by atoms with van der Waals surface area (Å²) in [4.78, 5) is 23.7. The average molecular weight is 500 g/mol. The van der Waals surface area contributed by atoms with Gasteiger partial charge in [-0.05, 0) is 63.4 Å². The molecule has 0 atom stereocenters. The Labute approximate surface area is 211 Å². The molecule has 0 fully saturated rings. The molecular weight excluding hydrogens is 462 g/mol. The Hall–Kier alpha value is -1.83. The summed E-state index contributed by atoms with van der Waals surface area (Å²) in [5.74, 6) is 1.80. The standard InChI is InChI=1S/C27H37N3O2S2/c1-5-7-8-9-10-17-33-27-28-25-24(22-15-16-29(19(3)4)18-23(22)34-25)26(31)30(27)20-11-13-21(14-12-20)32-6-2/h11-14,19H,5-10,15-18H2,1-4H3. The lowest BCUT2D eigenvalue weighted by atomic mass is 10.0. The van der Waals surface area contributed by atoms with E-state index in [9.17, 15) is 4.79 Å². The molecule has 0 amide bonds. The maximum atomic E-state index is 14.0. The van der Waals surface area contributed by atoms with Crippen LogP contribution in [0.4, 0.5) is 0 Å². The molecule has 1 aliphatic heterocycles. The van der Waals surface area contributed by atoms with Crippen LogP contribution in [-0.2, 0) is 13.0 Å². The highest BCUT2D eigenvalue weighted by atomic mass is 32.2. The Bertz CT molecular complexity index is 1150. The van der Waals surface area contributed by atoms with Gasteiger partial charge in [0.15, 0.2) is 5.16 Å². The van der Waals surface area contributed by atoms with Crippen molar-refractivity contribution < 1.29 is 4.74 Å². The largest absolute Gasteiger partial charge is 0.494 e. The van der Waals surface area contributed by atoms with Gasteiger partial charge in [0, 0.05) is 29.8 Å². The molecule has 1 aliphatic rings. The second kappa shape index (κ2) is 11.7. The van der Waals surface area contributed by atoms with Crippen LogP contribution in [-0.4, -0.2) is 39.4 Å². The van der Waals surface area contributed by atoms with Gasteiger partial charge in [0.25, 0.3) is 5.56 Å². The van der Waals surface area contributed by atoms with Gasteiger partial charge in [0.2, 0.25) is 0 Å². The first-order valence-electron chi connectivity index (χ1n) is 12.7. The number of nitrogens with zero attached hydrogens (tertiary/aromatic N) is 3. The van der Waals surface area contributed by atoms with Crippen LogP contribution in [0.25, 0.3) is 15.9 Å². The summed E-state index contributed by atoms with van der Waals surface area (Å²) in [5.41, 5.74) is 2.14. The van der Waals surface area contributed by atoms with Crippen LogP contribution in [0.2, 0.25) is 0 Å². The van der Waals surface area contributed by atoms with Gasteiger partial charge >= 0.3 is 0 Å². The number of hydrogen-bond donors (Lipinski definition) is 0. The SMILES string of the molecule is CCCCCCCSc1nc2sc3c(c2c(=O)n1-c1ccc(OCC)cc1)CCN(C(C)C)C3. The summed E-state index contributed by atoms with van der Waals surface area (Å²) in [6.07, 6.45) is 7.11. The summed E-state index contributed by atoms with van der Waals surface area (Å²) >= 11 is 3.42. The van der Waals surface area contributed by atoms with Crippen molar-refractivity contribution >= 4 is 33.3 Å². The first-order valence-corrected chi connectivity index (χ1v) is 14.5. The van der Waals surface area contributed by atoms with Crippen molar-refractivity contribution in [3.8, 4) is 11.4 Å². The normalized spacial score (nSPS) is 14.1. The number of ether oxygens (including phenoxy) is 1. The molecule has 2 aromatic heterocycles. The quantitative estimate of drug-likeness (QED) is 0.167. The Morgan fingerprint density at radius 1 is 1.12 bits per heavy atom. The Morgan fingerprint density at radius 2 is 1.88 bits per heavy atom. The Kier molecular flexibility index (Phi) is 8.72. The van der Waals surface area contributed by atoms with Gasteiger partial charge in [-0.15, -0.1) is 11.3 Å². The lowest BCUT2D eigenvalue weighted by Gasteiger charge is -2.30. The summed E-state index contributed by atoms with van der Waals surface area (Å²) < 4.78 is 7.45. The summed E-state index contributed by atoms with van der Waals surface area (Å²) in [6, 6.07) is 8.34. The van der Waals surface area contributed by atoms with Gasteiger partial charge in [-0.1, -0.05) is 44.4 Å². The fourth-order valence-electron chi connectivity index (χ4n) is 4.54. The van der Waals surface area contributed by atoms with Crippen LogP contribution in [0, 0.1) is 0 Å². The van der Waals surface area contributed by atoms with E-state index in [4.69, 9.17) is 9.72 Å². The second-order valence-electron chi connectivity index (χ2n) is 9.22. The van der Waals surface area contributed by atoms with Gasteiger partial charge in [-0.2, -0.15) is 0 Å². The van der Waals surface area contributed by atoms with Crippen molar-refractivity contribution in [3.05, 3.63) is 45.1 Å². The maximum Gasteiger partial charge on any atom is 0.267 e. The zero-order valence-corrected chi connectivity index (χ0v) is 22.6. The number of thioether (sulfide) groups is 1. The first-order chi connectivity index (χ1) is 16.5. The third-order valence-corrected chi connectivity index (χ3v) is 8.62. The Morgan fingerprint density at radius 3 is 2.59 bits per heavy atom. The molecule has 0 N–H and O–H groups in total. The van der Waals surface area contributed by atoms with Gasteiger partial charge < -0.3 is 4.74 Å². The highest BCUT2D eigenvalue weighted by molar-refractivity contribution is 7.99. The number of fused-ring (bicyclic) bond motifs is 3. The molecule has 0 bridgehead atoms. The molecule has 0 unspecified atom stereocenters. The minimum absolute atomic E-state index is 0.0677. The fourth-order valence-corrected chi connectivity index (χ4v) is 6.83. The zero-order valence-electron chi connectivity index (χ0n) is 20.9. The number of rotatable bonds is 11. The van der Waals surface area contributed by atoms with Crippen LogP contribution in [0.15, 0.2) is 34.2 Å². The topological polar surface area (TPSA) is 47.4 Å². The van der Waals surface area contributed by atoms with E-state index in [1.165, 1.54) is 36.1 Å². The number of thiophene rings is 1. The third-order valence-electron chi connectivity index (χ3n) is 6.49.